The summed E-state index contributed by atoms with van der Waals surface area (Å²) in [6.07, 6.45) is 1.13. The van der Waals surface area contributed by atoms with Crippen LogP contribution in [-0.4, -0.2) is 38.7 Å². The molecule has 1 aliphatic heterocycles. The van der Waals surface area contributed by atoms with E-state index >= 15 is 0 Å². The second kappa shape index (κ2) is 7.01. The molecule has 1 aliphatic rings. The molecule has 1 heterocycles. The highest BCUT2D eigenvalue weighted by Gasteiger charge is 2.26. The molecule has 9 heteroatoms. The quantitative estimate of drug-likeness (QED) is 0.592. The molecule has 2 aromatic carbocycles. The van der Waals surface area contributed by atoms with E-state index in [1.807, 2.05) is 0 Å². The zero-order valence-electron chi connectivity index (χ0n) is 14.3. The second-order valence-electron chi connectivity index (χ2n) is 5.82. The van der Waals surface area contributed by atoms with Crippen molar-refractivity contribution in [2.75, 3.05) is 14.1 Å². The minimum absolute atomic E-state index is 0.00533. The van der Waals surface area contributed by atoms with Crippen molar-refractivity contribution >= 4 is 28.0 Å². The highest BCUT2D eigenvalue weighted by atomic mass is 32.2. The maximum absolute atomic E-state index is 13.8. The Morgan fingerprint density at radius 1 is 1.11 bits per heavy atom. The van der Waals surface area contributed by atoms with Crippen LogP contribution in [0.4, 0.5) is 8.78 Å². The summed E-state index contributed by atoms with van der Waals surface area (Å²) >= 11 is 0. The smallest absolute Gasteiger partial charge is 0.363 e. The van der Waals surface area contributed by atoms with E-state index in [9.17, 15) is 22.0 Å². The van der Waals surface area contributed by atoms with Crippen molar-refractivity contribution in [2.45, 2.75) is 4.90 Å². The topological polar surface area (TPSA) is 76.0 Å². The SMILES string of the molecule is CN(C)S(=O)(=O)c1cccc(C2=NC(=Cc3ccc(F)cc3F)C(=O)O2)c1. The van der Waals surface area contributed by atoms with Crippen molar-refractivity contribution in [3.05, 3.63) is 70.9 Å². The van der Waals surface area contributed by atoms with Crippen molar-refractivity contribution in [1.82, 2.24) is 4.31 Å². The van der Waals surface area contributed by atoms with Gasteiger partial charge in [-0.2, -0.15) is 0 Å². The molecular formula is C18H14F2N2O4S. The molecule has 0 aromatic heterocycles. The van der Waals surface area contributed by atoms with Gasteiger partial charge in [0.05, 0.1) is 4.90 Å². The molecule has 0 fully saturated rings. The van der Waals surface area contributed by atoms with Crippen LogP contribution < -0.4 is 0 Å². The lowest BCUT2D eigenvalue weighted by Crippen LogP contribution is -2.22. The number of hydrogen-bond donors (Lipinski definition) is 0. The van der Waals surface area contributed by atoms with Crippen LogP contribution in [-0.2, 0) is 19.6 Å². The van der Waals surface area contributed by atoms with Gasteiger partial charge < -0.3 is 4.74 Å². The lowest BCUT2D eigenvalue weighted by Gasteiger charge is -2.11. The van der Waals surface area contributed by atoms with Gasteiger partial charge in [0.2, 0.25) is 15.9 Å². The third-order valence-electron chi connectivity index (χ3n) is 3.73. The first-order valence-corrected chi connectivity index (χ1v) is 9.13. The number of halogens is 2. The number of carbonyl (C=O) groups excluding carboxylic acids is 1. The average molecular weight is 392 g/mol. The standard InChI is InChI=1S/C18H14F2N2O4S/c1-22(2)27(24,25)14-5-3-4-12(8-14)17-21-16(18(23)26-17)9-11-6-7-13(19)10-15(11)20/h3-10H,1-2H3. The summed E-state index contributed by atoms with van der Waals surface area (Å²) < 4.78 is 57.3. The predicted molar refractivity (Wildman–Crippen MR) is 94.3 cm³/mol. The summed E-state index contributed by atoms with van der Waals surface area (Å²) in [5, 5.41) is 0. The molecule has 0 N–H and O–H groups in total. The molecule has 3 rings (SSSR count). The first kappa shape index (κ1) is 18.9. The van der Waals surface area contributed by atoms with Gasteiger partial charge in [0.25, 0.3) is 0 Å². The van der Waals surface area contributed by atoms with E-state index in [0.29, 0.717) is 6.07 Å². The Kier molecular flexibility index (Phi) is 4.90. The van der Waals surface area contributed by atoms with Gasteiger partial charge in [-0.05, 0) is 36.4 Å². The molecular weight excluding hydrogens is 378 g/mol. The number of carbonyl (C=O) groups is 1. The van der Waals surface area contributed by atoms with E-state index in [1.165, 1.54) is 44.4 Å². The van der Waals surface area contributed by atoms with Gasteiger partial charge >= 0.3 is 5.97 Å². The maximum atomic E-state index is 13.8. The minimum atomic E-state index is -3.68. The summed E-state index contributed by atoms with van der Waals surface area (Å²) in [6, 6.07) is 8.65. The molecule has 0 unspecified atom stereocenters. The van der Waals surface area contributed by atoms with Crippen LogP contribution in [0, 0.1) is 11.6 Å². The molecule has 27 heavy (non-hydrogen) atoms. The van der Waals surface area contributed by atoms with Crippen LogP contribution in [0.5, 0.6) is 0 Å². The lowest BCUT2D eigenvalue weighted by molar-refractivity contribution is -0.129. The van der Waals surface area contributed by atoms with Gasteiger partial charge in [-0.1, -0.05) is 6.07 Å². The van der Waals surface area contributed by atoms with E-state index in [4.69, 9.17) is 4.74 Å². The van der Waals surface area contributed by atoms with Crippen LogP contribution in [0.15, 0.2) is 58.0 Å². The summed E-state index contributed by atoms with van der Waals surface area (Å²) in [5.74, 6) is -2.52. The number of ether oxygens (including phenoxy) is 1. The molecule has 0 saturated carbocycles. The van der Waals surface area contributed by atoms with Crippen molar-refractivity contribution < 1.29 is 26.7 Å². The summed E-state index contributed by atoms with van der Waals surface area (Å²) in [6.45, 7) is 0. The molecule has 2 aromatic rings. The number of nitrogens with zero attached hydrogens (tertiary/aromatic N) is 2. The van der Waals surface area contributed by atoms with E-state index in [0.717, 1.165) is 16.4 Å². The molecule has 0 atom stereocenters. The van der Waals surface area contributed by atoms with Gasteiger partial charge in [-0.25, -0.2) is 31.3 Å². The average Bonchev–Trinajstić information content (AvgIpc) is 2.98. The molecule has 0 radical (unpaired) electrons. The van der Waals surface area contributed by atoms with Gasteiger partial charge in [0, 0.05) is 31.3 Å². The van der Waals surface area contributed by atoms with Gasteiger partial charge in [-0.3, -0.25) is 0 Å². The zero-order chi connectivity index (χ0) is 19.8. The van der Waals surface area contributed by atoms with E-state index in [1.54, 1.807) is 0 Å². The van der Waals surface area contributed by atoms with Crippen LogP contribution in [0.25, 0.3) is 6.08 Å². The first-order valence-electron chi connectivity index (χ1n) is 7.69. The minimum Gasteiger partial charge on any atom is -0.402 e. The number of cyclic esters (lactones) is 1. The van der Waals surface area contributed by atoms with Gasteiger partial charge in [0.1, 0.15) is 11.6 Å². The number of esters is 1. The number of aliphatic imine (C=N–C) groups is 1. The van der Waals surface area contributed by atoms with Crippen molar-refractivity contribution in [3.63, 3.8) is 0 Å². The number of sulfonamides is 1. The molecule has 0 spiro atoms. The number of hydrogen-bond acceptors (Lipinski definition) is 5. The fourth-order valence-corrected chi connectivity index (χ4v) is 3.25. The molecule has 140 valence electrons. The monoisotopic (exact) mass is 392 g/mol. The number of rotatable bonds is 4. The summed E-state index contributed by atoms with van der Waals surface area (Å²) in [4.78, 5) is 16.0. The maximum Gasteiger partial charge on any atom is 0.363 e. The summed E-state index contributed by atoms with van der Waals surface area (Å²) in [5.41, 5.74) is 0.0583. The van der Waals surface area contributed by atoms with Crippen LogP contribution >= 0.6 is 0 Å². The van der Waals surface area contributed by atoms with Crippen molar-refractivity contribution in [2.24, 2.45) is 4.99 Å². The Balaban J connectivity index is 1.99. The Bertz CT molecular complexity index is 1090. The fraction of sp³-hybridized carbons (Fsp3) is 0.111. The van der Waals surface area contributed by atoms with Crippen molar-refractivity contribution in [1.29, 1.82) is 0 Å². The lowest BCUT2D eigenvalue weighted by atomic mass is 10.2. The third-order valence-corrected chi connectivity index (χ3v) is 5.55. The Morgan fingerprint density at radius 2 is 1.85 bits per heavy atom. The molecule has 0 amide bonds. The van der Waals surface area contributed by atoms with Crippen LogP contribution in [0.1, 0.15) is 11.1 Å². The van der Waals surface area contributed by atoms with Crippen molar-refractivity contribution in [3.8, 4) is 0 Å². The van der Waals surface area contributed by atoms with Gasteiger partial charge in [0.15, 0.2) is 5.70 Å². The fourth-order valence-electron chi connectivity index (χ4n) is 2.30. The van der Waals surface area contributed by atoms with E-state index in [-0.39, 0.29) is 27.6 Å². The Labute approximate surface area is 154 Å². The Hall–Kier alpha value is -2.91. The third kappa shape index (κ3) is 3.79. The predicted octanol–water partition coefficient (Wildman–Crippen LogP) is 2.56. The van der Waals surface area contributed by atoms with E-state index < -0.39 is 27.6 Å². The Morgan fingerprint density at radius 3 is 2.52 bits per heavy atom. The molecule has 0 aliphatic carbocycles. The highest BCUT2D eigenvalue weighted by Crippen LogP contribution is 2.22. The molecule has 0 saturated heterocycles. The molecule has 0 bridgehead atoms. The van der Waals surface area contributed by atoms with Gasteiger partial charge in [-0.15, -0.1) is 0 Å². The largest absolute Gasteiger partial charge is 0.402 e. The normalized spacial score (nSPS) is 16.0. The van der Waals surface area contributed by atoms with E-state index in [2.05, 4.69) is 4.99 Å². The highest BCUT2D eigenvalue weighted by molar-refractivity contribution is 7.89. The van der Waals surface area contributed by atoms with Crippen LogP contribution in [0.3, 0.4) is 0 Å². The number of benzene rings is 2. The summed E-state index contributed by atoms with van der Waals surface area (Å²) in [7, 11) is -0.884. The first-order chi connectivity index (χ1) is 12.7. The molecule has 6 nitrogen and oxygen atoms in total. The van der Waals surface area contributed by atoms with Crippen LogP contribution in [0.2, 0.25) is 0 Å². The second-order valence-corrected chi connectivity index (χ2v) is 7.97. The zero-order valence-corrected chi connectivity index (χ0v) is 15.1.